The van der Waals surface area contributed by atoms with Crippen LogP contribution in [0.1, 0.15) is 12.0 Å². The van der Waals surface area contributed by atoms with Crippen LogP contribution < -0.4 is 0 Å². The van der Waals surface area contributed by atoms with Crippen molar-refractivity contribution in [3.05, 3.63) is 64.9 Å². The summed E-state index contributed by atoms with van der Waals surface area (Å²) in [4.78, 5) is 28.5. The Morgan fingerprint density at radius 2 is 1.55 bits per heavy atom. The summed E-state index contributed by atoms with van der Waals surface area (Å²) in [5, 5.41) is 0.578. The lowest BCUT2D eigenvalue weighted by Crippen LogP contribution is -2.53. The van der Waals surface area contributed by atoms with E-state index < -0.39 is 21.9 Å². The Morgan fingerprint density at radius 1 is 0.935 bits per heavy atom. The molecule has 0 aliphatic carbocycles. The van der Waals surface area contributed by atoms with E-state index in [0.29, 0.717) is 18.1 Å². The first-order valence-corrected chi connectivity index (χ1v) is 11.7. The summed E-state index contributed by atoms with van der Waals surface area (Å²) in [6, 6.07) is 11.1. The minimum atomic E-state index is -3.74. The molecular weight excluding hydrogens is 445 g/mol. The number of imide groups is 1. The summed E-state index contributed by atoms with van der Waals surface area (Å²) in [7, 11) is -3.74. The molecule has 0 saturated carbocycles. The third kappa shape index (κ3) is 4.50. The minimum absolute atomic E-state index is 0.0311. The summed E-state index contributed by atoms with van der Waals surface area (Å²) in [6.07, 6.45) is 0.0805. The Bertz CT molecular complexity index is 1080. The van der Waals surface area contributed by atoms with Gasteiger partial charge in [-0.05, 0) is 42.0 Å². The van der Waals surface area contributed by atoms with E-state index >= 15 is 0 Å². The van der Waals surface area contributed by atoms with E-state index in [0.717, 1.165) is 17.7 Å². The Labute approximate surface area is 185 Å². The Kier molecular flexibility index (Phi) is 6.11. The molecule has 164 valence electrons. The molecule has 1 atom stereocenters. The van der Waals surface area contributed by atoms with Crippen LogP contribution in [0.4, 0.5) is 4.39 Å². The molecule has 2 saturated heterocycles. The molecule has 2 aromatic carbocycles. The number of nitrogens with zero attached hydrogens (tertiary/aromatic N) is 3. The van der Waals surface area contributed by atoms with Crippen molar-refractivity contribution in [2.24, 2.45) is 0 Å². The quantitative estimate of drug-likeness (QED) is 0.632. The van der Waals surface area contributed by atoms with Gasteiger partial charge >= 0.3 is 0 Å². The van der Waals surface area contributed by atoms with Crippen LogP contribution in [0.25, 0.3) is 0 Å². The zero-order valence-corrected chi connectivity index (χ0v) is 18.2. The van der Waals surface area contributed by atoms with Crippen LogP contribution in [0.3, 0.4) is 0 Å². The van der Waals surface area contributed by atoms with Gasteiger partial charge < -0.3 is 0 Å². The van der Waals surface area contributed by atoms with E-state index in [9.17, 15) is 22.4 Å². The molecule has 0 aromatic heterocycles. The number of sulfonamides is 1. The third-order valence-electron chi connectivity index (χ3n) is 5.64. The summed E-state index contributed by atoms with van der Waals surface area (Å²) in [5.41, 5.74) is 0.807. The number of benzene rings is 2. The van der Waals surface area contributed by atoms with Crippen LogP contribution >= 0.6 is 11.6 Å². The lowest BCUT2D eigenvalue weighted by Gasteiger charge is -2.36. The largest absolute Gasteiger partial charge is 0.289 e. The van der Waals surface area contributed by atoms with Crippen molar-refractivity contribution >= 4 is 33.4 Å². The summed E-state index contributed by atoms with van der Waals surface area (Å²) in [5.74, 6) is -1.02. The van der Waals surface area contributed by atoms with Gasteiger partial charge in [-0.15, -0.1) is 0 Å². The fourth-order valence-electron chi connectivity index (χ4n) is 3.90. The van der Waals surface area contributed by atoms with Crippen LogP contribution in [0.15, 0.2) is 53.4 Å². The second-order valence-corrected chi connectivity index (χ2v) is 9.93. The third-order valence-corrected chi connectivity index (χ3v) is 7.80. The van der Waals surface area contributed by atoms with E-state index in [-0.39, 0.29) is 42.8 Å². The molecule has 2 heterocycles. The van der Waals surface area contributed by atoms with Gasteiger partial charge in [0.25, 0.3) is 0 Å². The second-order valence-electron chi connectivity index (χ2n) is 7.56. The molecule has 7 nitrogen and oxygen atoms in total. The normalized spacial score (nSPS) is 21.1. The van der Waals surface area contributed by atoms with Crippen LogP contribution in [0.5, 0.6) is 0 Å². The monoisotopic (exact) mass is 465 g/mol. The van der Waals surface area contributed by atoms with Crippen LogP contribution in [0, 0.1) is 5.82 Å². The van der Waals surface area contributed by atoms with Gasteiger partial charge in [0.05, 0.1) is 23.9 Å². The number of hydrogen-bond donors (Lipinski definition) is 0. The number of rotatable bonds is 5. The minimum Gasteiger partial charge on any atom is -0.289 e. The zero-order chi connectivity index (χ0) is 22.2. The average Bonchev–Trinajstić information content (AvgIpc) is 3.04. The highest BCUT2D eigenvalue weighted by atomic mass is 35.5. The lowest BCUT2D eigenvalue weighted by atomic mass is 10.2. The molecule has 0 N–H and O–H groups in total. The first-order chi connectivity index (χ1) is 14.8. The van der Waals surface area contributed by atoms with Gasteiger partial charge in [0.1, 0.15) is 5.82 Å². The van der Waals surface area contributed by atoms with Crippen molar-refractivity contribution in [1.82, 2.24) is 14.1 Å². The molecule has 2 fully saturated rings. The number of carbonyl (C=O) groups is 2. The van der Waals surface area contributed by atoms with E-state index in [4.69, 9.17) is 11.6 Å². The zero-order valence-electron chi connectivity index (χ0n) is 16.6. The number of likely N-dealkylation sites (tertiary alicyclic amines) is 1. The van der Waals surface area contributed by atoms with E-state index in [2.05, 4.69) is 0 Å². The van der Waals surface area contributed by atoms with Crippen molar-refractivity contribution < 1.29 is 22.4 Å². The van der Waals surface area contributed by atoms with E-state index in [1.54, 1.807) is 24.3 Å². The predicted octanol–water partition coefficient (Wildman–Crippen LogP) is 2.11. The van der Waals surface area contributed by atoms with Crippen molar-refractivity contribution in [2.45, 2.75) is 23.9 Å². The Hall–Kier alpha value is -2.33. The summed E-state index contributed by atoms with van der Waals surface area (Å²) >= 11 is 5.88. The van der Waals surface area contributed by atoms with E-state index in [1.807, 2.05) is 4.90 Å². The topological polar surface area (TPSA) is 78.0 Å². The SMILES string of the molecule is O=C1C[C@H](N2CCN(S(=O)(=O)c3ccc(F)cc3)CC2)C(=O)N1Cc1ccc(Cl)cc1. The van der Waals surface area contributed by atoms with Gasteiger partial charge in [-0.1, -0.05) is 23.7 Å². The van der Waals surface area contributed by atoms with Gasteiger partial charge in [-0.2, -0.15) is 4.31 Å². The van der Waals surface area contributed by atoms with Crippen molar-refractivity contribution in [2.75, 3.05) is 26.2 Å². The maximum atomic E-state index is 13.1. The van der Waals surface area contributed by atoms with Crippen molar-refractivity contribution in [1.29, 1.82) is 0 Å². The molecule has 2 aliphatic heterocycles. The molecule has 4 rings (SSSR count). The number of piperazine rings is 1. The number of amides is 2. The first kappa shape index (κ1) is 21.9. The first-order valence-electron chi connectivity index (χ1n) is 9.84. The molecule has 2 aromatic rings. The lowest BCUT2D eigenvalue weighted by molar-refractivity contribution is -0.140. The van der Waals surface area contributed by atoms with E-state index in [1.165, 1.54) is 21.3 Å². The van der Waals surface area contributed by atoms with Gasteiger partial charge in [0.15, 0.2) is 0 Å². The molecule has 2 aliphatic rings. The maximum absolute atomic E-state index is 13.1. The maximum Gasteiger partial charge on any atom is 0.247 e. The molecule has 0 radical (unpaired) electrons. The smallest absolute Gasteiger partial charge is 0.247 e. The highest BCUT2D eigenvalue weighted by molar-refractivity contribution is 7.89. The summed E-state index contributed by atoms with van der Waals surface area (Å²) in [6.45, 7) is 1.23. The molecule has 31 heavy (non-hydrogen) atoms. The summed E-state index contributed by atoms with van der Waals surface area (Å²) < 4.78 is 40.0. The van der Waals surface area contributed by atoms with Crippen molar-refractivity contribution in [3.63, 3.8) is 0 Å². The van der Waals surface area contributed by atoms with Crippen LogP contribution in [0.2, 0.25) is 5.02 Å². The predicted molar refractivity (Wildman–Crippen MR) is 112 cm³/mol. The molecule has 0 spiro atoms. The molecular formula is C21H21ClFN3O4S. The fraction of sp³-hybridized carbons (Fsp3) is 0.333. The number of halogens is 2. The van der Waals surface area contributed by atoms with Crippen LogP contribution in [-0.2, 0) is 26.2 Å². The Balaban J connectivity index is 1.39. The average molecular weight is 466 g/mol. The number of hydrogen-bond acceptors (Lipinski definition) is 5. The second kappa shape index (κ2) is 8.66. The van der Waals surface area contributed by atoms with Gasteiger partial charge in [0.2, 0.25) is 21.8 Å². The standard InChI is InChI=1S/C21H21ClFN3O4S/c22-16-3-1-15(2-4-16)14-26-20(27)13-19(21(26)28)24-9-11-25(12-10-24)31(29,30)18-7-5-17(23)6-8-18/h1-8,19H,9-14H2/t19-/m0/s1. The van der Waals surface area contributed by atoms with Crippen LogP contribution in [-0.4, -0.2) is 66.6 Å². The number of carbonyl (C=O) groups excluding carboxylic acids is 2. The van der Waals surface area contributed by atoms with Gasteiger partial charge in [0, 0.05) is 31.2 Å². The molecule has 2 amide bonds. The molecule has 0 unspecified atom stereocenters. The van der Waals surface area contributed by atoms with Gasteiger partial charge in [-0.3, -0.25) is 19.4 Å². The molecule has 10 heteroatoms. The molecule has 0 bridgehead atoms. The Morgan fingerprint density at radius 3 is 2.16 bits per heavy atom. The van der Waals surface area contributed by atoms with Crippen molar-refractivity contribution in [3.8, 4) is 0 Å². The van der Waals surface area contributed by atoms with Gasteiger partial charge in [-0.25, -0.2) is 12.8 Å². The highest BCUT2D eigenvalue weighted by Crippen LogP contribution is 2.25. The fourth-order valence-corrected chi connectivity index (χ4v) is 5.45. The highest BCUT2D eigenvalue weighted by Gasteiger charge is 2.43.